The Balaban J connectivity index is 1.80. The lowest BCUT2D eigenvalue weighted by atomic mass is 9.96. The zero-order valence-electron chi connectivity index (χ0n) is 14.3. The molecule has 0 aliphatic carbocycles. The van der Waals surface area contributed by atoms with Gasteiger partial charge in [0, 0.05) is 12.1 Å². The van der Waals surface area contributed by atoms with Crippen molar-refractivity contribution in [3.8, 4) is 5.75 Å². The largest absolute Gasteiger partial charge is 0.484 e. The van der Waals surface area contributed by atoms with Crippen LogP contribution in [0.1, 0.15) is 13.8 Å². The molecule has 1 N–H and O–H groups in total. The van der Waals surface area contributed by atoms with Crippen LogP contribution >= 0.6 is 0 Å². The first-order chi connectivity index (χ1) is 12.3. The summed E-state index contributed by atoms with van der Waals surface area (Å²) in [6.45, 7) is 3.01. The topological polar surface area (TPSA) is 102 Å². The summed E-state index contributed by atoms with van der Waals surface area (Å²) in [5.41, 5.74) is 0.00549. The number of carbonyl (C=O) groups excluding carboxylic acids is 2. The molecule has 2 aromatic carbocycles. The average molecular weight is 355 g/mol. The molecule has 1 aliphatic rings. The molecule has 0 spiro atoms. The Kier molecular flexibility index (Phi) is 4.33. The molecule has 0 unspecified atom stereocenters. The summed E-state index contributed by atoms with van der Waals surface area (Å²) in [6, 6.07) is 12.5. The molecule has 0 saturated heterocycles. The Hall–Kier alpha value is -3.42. The summed E-state index contributed by atoms with van der Waals surface area (Å²) < 4.78 is 5.45. The number of nitro groups is 1. The summed E-state index contributed by atoms with van der Waals surface area (Å²) in [6.07, 6.45) is 0. The third kappa shape index (κ3) is 3.08. The summed E-state index contributed by atoms with van der Waals surface area (Å²) in [7, 11) is 0. The van der Waals surface area contributed by atoms with Crippen LogP contribution in [0.15, 0.2) is 48.5 Å². The quantitative estimate of drug-likeness (QED) is 0.671. The van der Waals surface area contributed by atoms with E-state index in [-0.39, 0.29) is 18.2 Å². The minimum absolute atomic E-state index is 0.0635. The van der Waals surface area contributed by atoms with Gasteiger partial charge in [0.05, 0.1) is 16.3 Å². The maximum absolute atomic E-state index is 12.8. The minimum Gasteiger partial charge on any atom is -0.484 e. The summed E-state index contributed by atoms with van der Waals surface area (Å²) >= 11 is 0. The van der Waals surface area contributed by atoms with E-state index in [1.165, 1.54) is 29.2 Å². The van der Waals surface area contributed by atoms with Crippen LogP contribution in [0.4, 0.5) is 17.1 Å². The van der Waals surface area contributed by atoms with Crippen molar-refractivity contribution in [1.82, 2.24) is 0 Å². The highest BCUT2D eigenvalue weighted by atomic mass is 16.6. The smallest absolute Gasteiger partial charge is 0.269 e. The van der Waals surface area contributed by atoms with Gasteiger partial charge >= 0.3 is 0 Å². The molecular weight excluding hydrogens is 338 g/mol. The van der Waals surface area contributed by atoms with Crippen molar-refractivity contribution in [2.75, 3.05) is 16.8 Å². The number of carbonyl (C=O) groups is 2. The van der Waals surface area contributed by atoms with E-state index in [0.29, 0.717) is 17.1 Å². The zero-order chi connectivity index (χ0) is 18.9. The van der Waals surface area contributed by atoms with E-state index in [1.807, 2.05) is 0 Å². The number of hydrogen-bond donors (Lipinski definition) is 1. The number of anilines is 2. The molecule has 3 rings (SSSR count). The van der Waals surface area contributed by atoms with E-state index in [0.717, 1.165) is 0 Å². The number of benzene rings is 2. The molecule has 2 aromatic rings. The molecule has 2 amide bonds. The number of amides is 2. The van der Waals surface area contributed by atoms with Crippen molar-refractivity contribution in [3.05, 3.63) is 58.6 Å². The monoisotopic (exact) mass is 355 g/mol. The van der Waals surface area contributed by atoms with Gasteiger partial charge in [-0.1, -0.05) is 12.1 Å². The Morgan fingerprint density at radius 1 is 1.19 bits per heavy atom. The highest BCUT2D eigenvalue weighted by Gasteiger charge is 2.43. The molecule has 1 heterocycles. The first kappa shape index (κ1) is 17.4. The van der Waals surface area contributed by atoms with Crippen molar-refractivity contribution in [2.24, 2.45) is 0 Å². The Morgan fingerprint density at radius 3 is 2.50 bits per heavy atom. The van der Waals surface area contributed by atoms with Crippen LogP contribution in [0, 0.1) is 10.1 Å². The van der Waals surface area contributed by atoms with Crippen LogP contribution in [0.5, 0.6) is 5.75 Å². The standard InChI is InChI=1S/C18H17N3O5/c1-18(2)17(23)19-14-5-3-4-6-15(14)20(18)16(22)11-26-13-9-7-12(8-10-13)21(24)25/h3-10H,11H2,1-2H3,(H,19,23). The fraction of sp³-hybridized carbons (Fsp3) is 0.222. The van der Waals surface area contributed by atoms with Crippen molar-refractivity contribution < 1.29 is 19.2 Å². The van der Waals surface area contributed by atoms with E-state index in [2.05, 4.69) is 5.32 Å². The lowest BCUT2D eigenvalue weighted by Crippen LogP contribution is -2.59. The van der Waals surface area contributed by atoms with Crippen molar-refractivity contribution in [1.29, 1.82) is 0 Å². The first-order valence-electron chi connectivity index (χ1n) is 7.91. The first-order valence-corrected chi connectivity index (χ1v) is 7.91. The van der Waals surface area contributed by atoms with E-state index in [1.54, 1.807) is 38.1 Å². The van der Waals surface area contributed by atoms with Crippen LogP contribution < -0.4 is 15.0 Å². The number of rotatable bonds is 4. The van der Waals surface area contributed by atoms with Crippen molar-refractivity contribution in [3.63, 3.8) is 0 Å². The third-order valence-electron chi connectivity index (χ3n) is 4.17. The number of ether oxygens (including phenoxy) is 1. The Labute approximate surface area is 149 Å². The highest BCUT2D eigenvalue weighted by Crippen LogP contribution is 2.36. The number of nitrogens with one attached hydrogen (secondary N) is 1. The third-order valence-corrected chi connectivity index (χ3v) is 4.17. The molecule has 0 aromatic heterocycles. The predicted octanol–water partition coefficient (Wildman–Crippen LogP) is 2.74. The number of nitrogens with zero attached hydrogens (tertiary/aromatic N) is 2. The summed E-state index contributed by atoms with van der Waals surface area (Å²) in [5.74, 6) is -0.355. The van der Waals surface area contributed by atoms with Crippen molar-refractivity contribution >= 4 is 28.9 Å². The molecule has 26 heavy (non-hydrogen) atoms. The molecule has 0 saturated carbocycles. The Bertz CT molecular complexity index is 877. The molecule has 134 valence electrons. The second-order valence-corrected chi connectivity index (χ2v) is 6.30. The van der Waals surface area contributed by atoms with Crippen LogP contribution in [-0.2, 0) is 9.59 Å². The van der Waals surface area contributed by atoms with Gasteiger partial charge in [-0.15, -0.1) is 0 Å². The molecule has 0 bridgehead atoms. The number of fused-ring (bicyclic) bond motifs is 1. The van der Waals surface area contributed by atoms with Gasteiger partial charge in [0.25, 0.3) is 11.6 Å². The number of para-hydroxylation sites is 2. The van der Waals surface area contributed by atoms with Gasteiger partial charge in [-0.2, -0.15) is 0 Å². The van der Waals surface area contributed by atoms with Crippen molar-refractivity contribution in [2.45, 2.75) is 19.4 Å². The number of nitro benzene ring substituents is 1. The molecular formula is C18H17N3O5. The maximum Gasteiger partial charge on any atom is 0.269 e. The molecule has 0 atom stereocenters. The van der Waals surface area contributed by atoms with E-state index >= 15 is 0 Å². The fourth-order valence-corrected chi connectivity index (χ4v) is 2.77. The molecule has 8 nitrogen and oxygen atoms in total. The second kappa shape index (κ2) is 6.47. The van der Waals surface area contributed by atoms with Gasteiger partial charge < -0.3 is 10.1 Å². The van der Waals surface area contributed by atoms with Crippen LogP contribution in [0.2, 0.25) is 0 Å². The summed E-state index contributed by atoms with van der Waals surface area (Å²) in [4.78, 5) is 36.7. The van der Waals surface area contributed by atoms with Gasteiger partial charge in [-0.05, 0) is 38.1 Å². The SMILES string of the molecule is CC1(C)C(=O)Nc2ccccc2N1C(=O)COc1ccc([N+](=O)[O-])cc1. The summed E-state index contributed by atoms with van der Waals surface area (Å²) in [5, 5.41) is 13.5. The Morgan fingerprint density at radius 2 is 1.85 bits per heavy atom. The molecule has 0 radical (unpaired) electrons. The molecule has 1 aliphatic heterocycles. The number of non-ortho nitro benzene ring substituents is 1. The lowest BCUT2D eigenvalue weighted by Gasteiger charge is -2.41. The van der Waals surface area contributed by atoms with E-state index in [9.17, 15) is 19.7 Å². The molecule has 0 fully saturated rings. The minimum atomic E-state index is -1.08. The normalized spacial score (nSPS) is 15.0. The zero-order valence-corrected chi connectivity index (χ0v) is 14.3. The predicted molar refractivity (Wildman–Crippen MR) is 95.2 cm³/mol. The van der Waals surface area contributed by atoms with Gasteiger partial charge in [-0.3, -0.25) is 24.6 Å². The van der Waals surface area contributed by atoms with E-state index in [4.69, 9.17) is 4.74 Å². The van der Waals surface area contributed by atoms with E-state index < -0.39 is 16.4 Å². The van der Waals surface area contributed by atoms with Crippen LogP contribution in [0.3, 0.4) is 0 Å². The highest BCUT2D eigenvalue weighted by molar-refractivity contribution is 6.14. The lowest BCUT2D eigenvalue weighted by molar-refractivity contribution is -0.384. The fourth-order valence-electron chi connectivity index (χ4n) is 2.77. The second-order valence-electron chi connectivity index (χ2n) is 6.30. The molecule has 8 heteroatoms. The van der Waals surface area contributed by atoms with Gasteiger partial charge in [0.1, 0.15) is 11.3 Å². The van der Waals surface area contributed by atoms with Crippen LogP contribution in [-0.4, -0.2) is 28.9 Å². The maximum atomic E-state index is 12.8. The van der Waals surface area contributed by atoms with Gasteiger partial charge in [0.15, 0.2) is 6.61 Å². The number of hydrogen-bond acceptors (Lipinski definition) is 5. The van der Waals surface area contributed by atoms with Gasteiger partial charge in [-0.25, -0.2) is 0 Å². The van der Waals surface area contributed by atoms with Gasteiger partial charge in [0.2, 0.25) is 5.91 Å². The van der Waals surface area contributed by atoms with Crippen LogP contribution in [0.25, 0.3) is 0 Å². The average Bonchev–Trinajstić information content (AvgIpc) is 2.61.